The predicted octanol–water partition coefficient (Wildman–Crippen LogP) is 3.99. The molecule has 94 valence electrons. The molecule has 1 aromatic carbocycles. The molecule has 0 saturated heterocycles. The summed E-state index contributed by atoms with van der Waals surface area (Å²) in [5.74, 6) is 1.68. The van der Waals surface area contributed by atoms with Gasteiger partial charge in [0.25, 0.3) is 0 Å². The topological polar surface area (TPSA) is 12.0 Å². The Hall–Kier alpha value is -0.820. The first kappa shape index (κ1) is 12.6. The van der Waals surface area contributed by atoms with E-state index in [0.29, 0.717) is 0 Å². The molecule has 0 aliphatic heterocycles. The van der Waals surface area contributed by atoms with Crippen molar-refractivity contribution in [1.29, 1.82) is 0 Å². The maximum Gasteiger partial charge on any atom is 0.0208 e. The van der Waals surface area contributed by atoms with E-state index < -0.39 is 0 Å². The summed E-state index contributed by atoms with van der Waals surface area (Å²) < 4.78 is 0. The quantitative estimate of drug-likeness (QED) is 0.826. The third-order valence-corrected chi connectivity index (χ3v) is 4.09. The standard InChI is InChI=1S/C16H25N/c1-13(2)15-10-6-7-11-16(15)17-12-14-8-4-3-5-9-14/h3-5,8-9,13,15-17H,6-7,10-12H2,1-2H3. The van der Waals surface area contributed by atoms with E-state index in [1.165, 1.54) is 31.2 Å². The van der Waals surface area contributed by atoms with Crippen LogP contribution in [0, 0.1) is 11.8 Å². The Kier molecular flexibility index (Phi) is 4.61. The van der Waals surface area contributed by atoms with Crippen LogP contribution in [-0.2, 0) is 6.54 Å². The lowest BCUT2D eigenvalue weighted by molar-refractivity contribution is 0.204. The minimum Gasteiger partial charge on any atom is -0.310 e. The predicted molar refractivity (Wildman–Crippen MR) is 73.9 cm³/mol. The Morgan fingerprint density at radius 1 is 1.12 bits per heavy atom. The fraction of sp³-hybridized carbons (Fsp3) is 0.625. The lowest BCUT2D eigenvalue weighted by atomic mass is 9.78. The number of nitrogens with one attached hydrogen (secondary N) is 1. The van der Waals surface area contributed by atoms with Crippen molar-refractivity contribution in [3.8, 4) is 0 Å². The zero-order valence-corrected chi connectivity index (χ0v) is 11.2. The van der Waals surface area contributed by atoms with Gasteiger partial charge in [0.05, 0.1) is 0 Å². The van der Waals surface area contributed by atoms with Crippen LogP contribution in [0.1, 0.15) is 45.1 Å². The largest absolute Gasteiger partial charge is 0.310 e. The van der Waals surface area contributed by atoms with Crippen molar-refractivity contribution in [3.63, 3.8) is 0 Å². The van der Waals surface area contributed by atoms with Gasteiger partial charge in [0.1, 0.15) is 0 Å². The second kappa shape index (κ2) is 6.20. The van der Waals surface area contributed by atoms with Gasteiger partial charge in [0, 0.05) is 12.6 Å². The average molecular weight is 231 g/mol. The molecule has 1 heteroatoms. The molecule has 17 heavy (non-hydrogen) atoms. The van der Waals surface area contributed by atoms with E-state index >= 15 is 0 Å². The zero-order valence-electron chi connectivity index (χ0n) is 11.2. The summed E-state index contributed by atoms with van der Waals surface area (Å²) in [5.41, 5.74) is 1.40. The lowest BCUT2D eigenvalue weighted by Crippen LogP contribution is -2.40. The summed E-state index contributed by atoms with van der Waals surface area (Å²) in [6.07, 6.45) is 5.59. The molecule has 0 amide bonds. The van der Waals surface area contributed by atoms with Crippen LogP contribution in [0.3, 0.4) is 0 Å². The van der Waals surface area contributed by atoms with Gasteiger partial charge in [-0.25, -0.2) is 0 Å². The minimum absolute atomic E-state index is 0.726. The fourth-order valence-electron chi connectivity index (χ4n) is 3.06. The molecule has 1 aliphatic rings. The summed E-state index contributed by atoms with van der Waals surface area (Å²) in [6, 6.07) is 11.5. The average Bonchev–Trinajstić information content (AvgIpc) is 2.38. The summed E-state index contributed by atoms with van der Waals surface area (Å²) in [6.45, 7) is 5.76. The maximum absolute atomic E-state index is 3.77. The summed E-state index contributed by atoms with van der Waals surface area (Å²) in [4.78, 5) is 0. The van der Waals surface area contributed by atoms with Gasteiger partial charge in [-0.2, -0.15) is 0 Å². The van der Waals surface area contributed by atoms with Crippen LogP contribution in [0.2, 0.25) is 0 Å². The van der Waals surface area contributed by atoms with Crippen molar-refractivity contribution < 1.29 is 0 Å². The highest BCUT2D eigenvalue weighted by Gasteiger charge is 2.26. The Bertz CT molecular complexity index is 318. The number of hydrogen-bond acceptors (Lipinski definition) is 1. The van der Waals surface area contributed by atoms with Gasteiger partial charge in [-0.1, -0.05) is 57.0 Å². The number of hydrogen-bond donors (Lipinski definition) is 1. The van der Waals surface area contributed by atoms with Gasteiger partial charge in [-0.15, -0.1) is 0 Å². The molecule has 1 nitrogen and oxygen atoms in total. The zero-order chi connectivity index (χ0) is 12.1. The Labute approximate surface area is 106 Å². The molecule has 1 aliphatic carbocycles. The molecule has 2 rings (SSSR count). The van der Waals surface area contributed by atoms with Crippen molar-refractivity contribution in [1.82, 2.24) is 5.32 Å². The van der Waals surface area contributed by atoms with Crippen molar-refractivity contribution >= 4 is 0 Å². The minimum atomic E-state index is 0.726. The second-order valence-corrected chi connectivity index (χ2v) is 5.67. The van der Waals surface area contributed by atoms with Gasteiger partial charge < -0.3 is 5.32 Å². The molecule has 2 atom stereocenters. The molecule has 0 bridgehead atoms. The van der Waals surface area contributed by atoms with E-state index in [-0.39, 0.29) is 0 Å². The normalized spacial score (nSPS) is 25.1. The highest BCUT2D eigenvalue weighted by atomic mass is 14.9. The Morgan fingerprint density at radius 3 is 2.53 bits per heavy atom. The SMILES string of the molecule is CC(C)C1CCCCC1NCc1ccccc1. The molecule has 2 unspecified atom stereocenters. The maximum atomic E-state index is 3.77. The first-order valence-corrected chi connectivity index (χ1v) is 7.04. The molecule has 1 N–H and O–H groups in total. The third kappa shape index (κ3) is 3.57. The smallest absolute Gasteiger partial charge is 0.0208 e. The highest BCUT2D eigenvalue weighted by Crippen LogP contribution is 2.30. The molecule has 0 spiro atoms. The van der Waals surface area contributed by atoms with Crippen molar-refractivity contribution in [3.05, 3.63) is 35.9 Å². The summed E-state index contributed by atoms with van der Waals surface area (Å²) >= 11 is 0. The van der Waals surface area contributed by atoms with Gasteiger partial charge in [0.2, 0.25) is 0 Å². The molecule has 0 radical (unpaired) electrons. The second-order valence-electron chi connectivity index (χ2n) is 5.67. The molecule has 1 fully saturated rings. The van der Waals surface area contributed by atoms with Crippen molar-refractivity contribution in [2.45, 2.75) is 52.1 Å². The van der Waals surface area contributed by atoms with Crippen LogP contribution in [0.15, 0.2) is 30.3 Å². The molecular formula is C16H25N. The van der Waals surface area contributed by atoms with E-state index in [1.807, 2.05) is 0 Å². The van der Waals surface area contributed by atoms with Crippen molar-refractivity contribution in [2.24, 2.45) is 11.8 Å². The van der Waals surface area contributed by atoms with Crippen LogP contribution < -0.4 is 5.32 Å². The molecule has 0 aromatic heterocycles. The molecular weight excluding hydrogens is 206 g/mol. The van der Waals surface area contributed by atoms with Crippen LogP contribution >= 0.6 is 0 Å². The first-order valence-electron chi connectivity index (χ1n) is 7.04. The molecule has 0 heterocycles. The molecule has 1 aromatic rings. The highest BCUT2D eigenvalue weighted by molar-refractivity contribution is 5.14. The van der Waals surface area contributed by atoms with Crippen molar-refractivity contribution in [2.75, 3.05) is 0 Å². The summed E-state index contributed by atoms with van der Waals surface area (Å²) in [7, 11) is 0. The van der Waals surface area contributed by atoms with Crippen LogP contribution in [0.5, 0.6) is 0 Å². The van der Waals surface area contributed by atoms with E-state index in [9.17, 15) is 0 Å². The van der Waals surface area contributed by atoms with Crippen LogP contribution in [0.25, 0.3) is 0 Å². The van der Waals surface area contributed by atoms with Gasteiger partial charge in [-0.3, -0.25) is 0 Å². The van der Waals surface area contributed by atoms with Gasteiger partial charge >= 0.3 is 0 Å². The van der Waals surface area contributed by atoms with E-state index in [1.54, 1.807) is 0 Å². The lowest BCUT2D eigenvalue weighted by Gasteiger charge is -2.35. The Morgan fingerprint density at radius 2 is 1.82 bits per heavy atom. The van der Waals surface area contributed by atoms with Crippen LogP contribution in [-0.4, -0.2) is 6.04 Å². The Balaban J connectivity index is 1.88. The van der Waals surface area contributed by atoms with E-state index in [4.69, 9.17) is 0 Å². The monoisotopic (exact) mass is 231 g/mol. The number of benzene rings is 1. The van der Waals surface area contributed by atoms with Gasteiger partial charge in [0.15, 0.2) is 0 Å². The number of rotatable bonds is 4. The summed E-state index contributed by atoms with van der Waals surface area (Å²) in [5, 5.41) is 3.77. The van der Waals surface area contributed by atoms with E-state index in [2.05, 4.69) is 49.5 Å². The first-order chi connectivity index (χ1) is 8.27. The van der Waals surface area contributed by atoms with Gasteiger partial charge in [-0.05, 0) is 30.2 Å². The third-order valence-electron chi connectivity index (χ3n) is 4.09. The van der Waals surface area contributed by atoms with Crippen LogP contribution in [0.4, 0.5) is 0 Å². The van der Waals surface area contributed by atoms with E-state index in [0.717, 1.165) is 24.4 Å². The molecule has 1 saturated carbocycles. The fourth-order valence-corrected chi connectivity index (χ4v) is 3.06.